The van der Waals surface area contributed by atoms with E-state index in [0.717, 1.165) is 16.5 Å². The van der Waals surface area contributed by atoms with Gasteiger partial charge in [-0.15, -0.1) is 0 Å². The van der Waals surface area contributed by atoms with Gasteiger partial charge in [-0.25, -0.2) is 13.9 Å². The maximum atomic E-state index is 14.2. The second kappa shape index (κ2) is 8.26. The van der Waals surface area contributed by atoms with Crippen LogP contribution in [-0.4, -0.2) is 49.7 Å². The van der Waals surface area contributed by atoms with Crippen LogP contribution in [0.25, 0.3) is 5.69 Å². The molecule has 0 radical (unpaired) electrons. The minimum Gasteiger partial charge on any atom is -0.447 e. The van der Waals surface area contributed by atoms with E-state index in [0.29, 0.717) is 5.69 Å². The van der Waals surface area contributed by atoms with E-state index < -0.39 is 24.2 Å². The standard InChI is InChI=1S/C20H20F2N6O3/c1-11(13-8-23-27(9-13)15-5-3-14(21)4-6-15)24-19-25-17(22)7-18(26-19)28-16(12(2)29)10-31-20(28)30/h3-9,11-12,16,29H,10H2,1-2H3,(H,24,25,26)/t11-,12+,16+/m0/s1. The Labute approximate surface area is 176 Å². The molecule has 3 aromatic rings. The molecule has 162 valence electrons. The predicted octanol–water partition coefficient (Wildman–Crippen LogP) is 2.82. The SMILES string of the molecule is C[C@H](Nc1nc(F)cc(N2C(=O)OC[C@@H]2[C@@H](C)O)n1)c1cnn(-c2ccc(F)cc2)c1. The highest BCUT2D eigenvalue weighted by atomic mass is 19.1. The van der Waals surface area contributed by atoms with Crippen molar-refractivity contribution in [2.45, 2.75) is 32.0 Å². The van der Waals surface area contributed by atoms with E-state index in [1.165, 1.54) is 19.1 Å². The average Bonchev–Trinajstić information content (AvgIpc) is 3.35. The number of hydrogen-bond donors (Lipinski definition) is 2. The van der Waals surface area contributed by atoms with Crippen molar-refractivity contribution in [1.29, 1.82) is 0 Å². The van der Waals surface area contributed by atoms with E-state index in [4.69, 9.17) is 4.74 Å². The minimum atomic E-state index is -0.892. The lowest BCUT2D eigenvalue weighted by Crippen LogP contribution is -2.41. The van der Waals surface area contributed by atoms with Crippen molar-refractivity contribution in [2.75, 3.05) is 16.8 Å². The second-order valence-corrected chi connectivity index (χ2v) is 7.19. The highest BCUT2D eigenvalue weighted by Gasteiger charge is 2.38. The summed E-state index contributed by atoms with van der Waals surface area (Å²) in [7, 11) is 0. The summed E-state index contributed by atoms with van der Waals surface area (Å²) in [6.07, 6.45) is 1.75. The summed E-state index contributed by atoms with van der Waals surface area (Å²) in [6, 6.07) is 5.83. The van der Waals surface area contributed by atoms with Crippen LogP contribution in [0.2, 0.25) is 0 Å². The molecule has 1 fully saturated rings. The van der Waals surface area contributed by atoms with Gasteiger partial charge in [-0.2, -0.15) is 19.5 Å². The molecule has 0 bridgehead atoms. The Morgan fingerprint density at radius 3 is 2.68 bits per heavy atom. The fourth-order valence-electron chi connectivity index (χ4n) is 3.22. The average molecular weight is 430 g/mol. The zero-order chi connectivity index (χ0) is 22.1. The first-order valence-electron chi connectivity index (χ1n) is 9.57. The van der Waals surface area contributed by atoms with Gasteiger partial charge in [0, 0.05) is 17.8 Å². The third-order valence-corrected chi connectivity index (χ3v) is 4.93. The van der Waals surface area contributed by atoms with E-state index in [9.17, 15) is 18.7 Å². The van der Waals surface area contributed by atoms with Crippen LogP contribution in [-0.2, 0) is 4.74 Å². The maximum Gasteiger partial charge on any atom is 0.416 e. The van der Waals surface area contributed by atoms with Crippen molar-refractivity contribution < 1.29 is 23.4 Å². The molecule has 1 aliphatic rings. The Kier molecular flexibility index (Phi) is 5.51. The predicted molar refractivity (Wildman–Crippen MR) is 107 cm³/mol. The molecule has 2 aromatic heterocycles. The monoisotopic (exact) mass is 430 g/mol. The molecule has 0 unspecified atom stereocenters. The normalized spacial score (nSPS) is 18.0. The summed E-state index contributed by atoms with van der Waals surface area (Å²) in [5.41, 5.74) is 1.43. The molecular formula is C20H20F2N6O3. The lowest BCUT2D eigenvalue weighted by atomic mass is 10.2. The molecule has 11 heteroatoms. The lowest BCUT2D eigenvalue weighted by Gasteiger charge is -2.23. The van der Waals surface area contributed by atoms with Crippen LogP contribution in [0.3, 0.4) is 0 Å². The molecule has 0 saturated carbocycles. The van der Waals surface area contributed by atoms with Crippen LogP contribution in [0.4, 0.5) is 25.3 Å². The van der Waals surface area contributed by atoms with Gasteiger partial charge in [-0.3, -0.25) is 4.90 Å². The maximum absolute atomic E-state index is 14.2. The smallest absolute Gasteiger partial charge is 0.416 e. The highest BCUT2D eigenvalue weighted by Crippen LogP contribution is 2.26. The van der Waals surface area contributed by atoms with E-state index in [1.54, 1.807) is 29.2 Å². The van der Waals surface area contributed by atoms with Crippen molar-refractivity contribution in [3.05, 3.63) is 60.1 Å². The fraction of sp³-hybridized carbons (Fsp3) is 0.300. The van der Waals surface area contributed by atoms with Crippen LogP contribution in [0.5, 0.6) is 0 Å². The number of halogens is 2. The zero-order valence-corrected chi connectivity index (χ0v) is 16.7. The van der Waals surface area contributed by atoms with Crippen LogP contribution < -0.4 is 10.2 Å². The lowest BCUT2D eigenvalue weighted by molar-refractivity contribution is 0.142. The number of cyclic esters (lactones) is 1. The molecule has 1 aromatic carbocycles. The molecule has 3 atom stereocenters. The van der Waals surface area contributed by atoms with Gasteiger partial charge in [0.15, 0.2) is 0 Å². The summed E-state index contributed by atoms with van der Waals surface area (Å²) in [4.78, 5) is 21.1. The van der Waals surface area contributed by atoms with Crippen molar-refractivity contribution in [2.24, 2.45) is 0 Å². The summed E-state index contributed by atoms with van der Waals surface area (Å²) in [5, 5.41) is 17.1. The fourth-order valence-corrected chi connectivity index (χ4v) is 3.22. The number of aliphatic hydroxyl groups excluding tert-OH is 1. The topological polar surface area (TPSA) is 105 Å². The molecule has 1 aliphatic heterocycles. The molecule has 2 N–H and O–H groups in total. The van der Waals surface area contributed by atoms with Crippen molar-refractivity contribution in [1.82, 2.24) is 19.7 Å². The third-order valence-electron chi connectivity index (χ3n) is 4.93. The first-order valence-corrected chi connectivity index (χ1v) is 9.57. The first-order chi connectivity index (χ1) is 14.8. The molecule has 4 rings (SSSR count). The number of nitrogens with one attached hydrogen (secondary N) is 1. The van der Waals surface area contributed by atoms with Crippen LogP contribution in [0.15, 0.2) is 42.7 Å². The van der Waals surface area contributed by atoms with Gasteiger partial charge in [-0.05, 0) is 38.1 Å². The zero-order valence-electron chi connectivity index (χ0n) is 16.7. The van der Waals surface area contributed by atoms with Crippen LogP contribution >= 0.6 is 0 Å². The van der Waals surface area contributed by atoms with Gasteiger partial charge in [0.2, 0.25) is 11.9 Å². The number of carbonyl (C=O) groups is 1. The number of rotatable bonds is 6. The number of nitrogens with zero attached hydrogens (tertiary/aromatic N) is 5. The van der Waals surface area contributed by atoms with Crippen molar-refractivity contribution in [3.63, 3.8) is 0 Å². The third kappa shape index (κ3) is 4.31. The Hall–Kier alpha value is -3.60. The number of benzene rings is 1. The Morgan fingerprint density at radius 1 is 1.23 bits per heavy atom. The number of carbonyl (C=O) groups excluding carboxylic acids is 1. The molecule has 1 amide bonds. The summed E-state index contributed by atoms with van der Waals surface area (Å²) in [5.74, 6) is -1.24. The Balaban J connectivity index is 1.54. The van der Waals surface area contributed by atoms with Crippen molar-refractivity contribution >= 4 is 17.9 Å². The van der Waals surface area contributed by atoms with Gasteiger partial charge in [0.25, 0.3) is 0 Å². The molecule has 0 aliphatic carbocycles. The second-order valence-electron chi connectivity index (χ2n) is 7.19. The van der Waals surface area contributed by atoms with E-state index in [2.05, 4.69) is 20.4 Å². The number of amides is 1. The molecule has 9 nitrogen and oxygen atoms in total. The van der Waals surface area contributed by atoms with Gasteiger partial charge < -0.3 is 15.2 Å². The minimum absolute atomic E-state index is 0.0161. The van der Waals surface area contributed by atoms with Gasteiger partial charge in [-0.1, -0.05) is 0 Å². The number of ether oxygens (including phenoxy) is 1. The number of anilines is 2. The van der Waals surface area contributed by atoms with E-state index in [1.807, 2.05) is 6.92 Å². The Bertz CT molecular complexity index is 1090. The summed E-state index contributed by atoms with van der Waals surface area (Å²) < 4.78 is 33.8. The highest BCUT2D eigenvalue weighted by molar-refractivity contribution is 5.89. The summed E-state index contributed by atoms with van der Waals surface area (Å²) in [6.45, 7) is 3.30. The number of aromatic nitrogens is 4. The molecular weight excluding hydrogens is 410 g/mol. The largest absolute Gasteiger partial charge is 0.447 e. The molecule has 0 spiro atoms. The number of aliphatic hydroxyl groups is 1. The van der Waals surface area contributed by atoms with Crippen LogP contribution in [0, 0.1) is 11.8 Å². The molecule has 3 heterocycles. The van der Waals surface area contributed by atoms with Gasteiger partial charge in [0.1, 0.15) is 24.3 Å². The molecule has 31 heavy (non-hydrogen) atoms. The molecule has 1 saturated heterocycles. The van der Waals surface area contributed by atoms with Crippen molar-refractivity contribution in [3.8, 4) is 5.69 Å². The summed E-state index contributed by atoms with van der Waals surface area (Å²) >= 11 is 0. The quantitative estimate of drug-likeness (QED) is 0.580. The number of hydrogen-bond acceptors (Lipinski definition) is 7. The van der Waals surface area contributed by atoms with E-state index in [-0.39, 0.29) is 30.2 Å². The van der Waals surface area contributed by atoms with Gasteiger partial charge >= 0.3 is 6.09 Å². The van der Waals surface area contributed by atoms with E-state index >= 15 is 0 Å². The first kappa shape index (κ1) is 20.7. The van der Waals surface area contributed by atoms with Gasteiger partial charge in [0.05, 0.1) is 24.0 Å². The Morgan fingerprint density at radius 2 is 1.97 bits per heavy atom. The van der Waals surface area contributed by atoms with Crippen LogP contribution in [0.1, 0.15) is 25.5 Å².